The van der Waals surface area contributed by atoms with Gasteiger partial charge in [0, 0.05) is 58.0 Å². The maximum Gasteiger partial charge on any atom is 0.194 e. The van der Waals surface area contributed by atoms with Crippen LogP contribution in [0.3, 0.4) is 0 Å². The third kappa shape index (κ3) is 4.61. The van der Waals surface area contributed by atoms with Crippen LogP contribution in [0.2, 0.25) is 0 Å². The summed E-state index contributed by atoms with van der Waals surface area (Å²) in [5.74, 6) is 1.73. The van der Waals surface area contributed by atoms with E-state index >= 15 is 0 Å². The van der Waals surface area contributed by atoms with E-state index in [4.69, 9.17) is 4.99 Å². The Labute approximate surface area is 172 Å². The minimum atomic E-state index is 0.640. The number of para-hydroxylation sites is 1. The highest BCUT2D eigenvalue weighted by Gasteiger charge is 2.24. The van der Waals surface area contributed by atoms with Crippen molar-refractivity contribution in [3.05, 3.63) is 47.8 Å². The van der Waals surface area contributed by atoms with Gasteiger partial charge in [0.1, 0.15) is 0 Å². The van der Waals surface area contributed by atoms with Crippen LogP contribution < -0.4 is 15.1 Å². The molecular weight excluding hydrogens is 366 g/mol. The Kier molecular flexibility index (Phi) is 6.37. The number of nitrogens with one attached hydrogen (secondary N) is 1. The van der Waals surface area contributed by atoms with E-state index in [0.29, 0.717) is 5.92 Å². The number of anilines is 2. The zero-order chi connectivity index (χ0) is 19.2. The van der Waals surface area contributed by atoms with Gasteiger partial charge in [-0.15, -0.1) is 11.3 Å². The minimum absolute atomic E-state index is 0.640. The van der Waals surface area contributed by atoms with Crippen molar-refractivity contribution in [3.8, 4) is 0 Å². The van der Waals surface area contributed by atoms with Crippen molar-refractivity contribution in [2.24, 2.45) is 10.9 Å². The number of hydrogen-bond acceptors (Lipinski definition) is 4. The van der Waals surface area contributed by atoms with Crippen LogP contribution in [0.1, 0.15) is 13.3 Å². The summed E-state index contributed by atoms with van der Waals surface area (Å²) in [6.07, 6.45) is 1.23. The number of rotatable bonds is 5. The average Bonchev–Trinajstić information content (AvgIpc) is 3.44. The van der Waals surface area contributed by atoms with Crippen molar-refractivity contribution in [1.29, 1.82) is 0 Å². The number of benzene rings is 1. The van der Waals surface area contributed by atoms with Crippen molar-refractivity contribution < 1.29 is 0 Å². The second-order valence-electron chi connectivity index (χ2n) is 7.56. The lowest BCUT2D eigenvalue weighted by atomic mass is 10.1. The molecule has 1 atom stereocenters. The second kappa shape index (κ2) is 9.32. The Hall–Kier alpha value is -2.21. The van der Waals surface area contributed by atoms with Crippen molar-refractivity contribution in [2.45, 2.75) is 13.3 Å². The second-order valence-corrected chi connectivity index (χ2v) is 8.48. The molecule has 1 aromatic heterocycles. The molecule has 150 valence electrons. The standard InChI is InChI=1S/C22H31N5S/c1-2-23-22(26-14-12-25(13-15-26)21-9-6-16-28-21)24-17-19-10-11-27(18-19)20-7-4-3-5-8-20/h3-9,16,19H,2,10-15,17-18H2,1H3,(H,23,24). The van der Waals surface area contributed by atoms with Crippen LogP contribution in [0.5, 0.6) is 0 Å². The molecule has 0 bridgehead atoms. The third-order valence-electron chi connectivity index (χ3n) is 5.64. The molecule has 0 amide bonds. The Balaban J connectivity index is 1.31. The van der Waals surface area contributed by atoms with Gasteiger partial charge in [0.15, 0.2) is 5.96 Å². The van der Waals surface area contributed by atoms with E-state index in [1.165, 1.54) is 17.1 Å². The Bertz CT molecular complexity index is 738. The normalized spacial score (nSPS) is 20.7. The van der Waals surface area contributed by atoms with E-state index in [1.807, 2.05) is 11.3 Å². The number of hydrogen-bond donors (Lipinski definition) is 1. The predicted octanol–water partition coefficient (Wildman–Crippen LogP) is 3.36. The summed E-state index contributed by atoms with van der Waals surface area (Å²) in [5, 5.41) is 7.06. The van der Waals surface area contributed by atoms with Gasteiger partial charge in [-0.05, 0) is 48.9 Å². The maximum absolute atomic E-state index is 5.02. The summed E-state index contributed by atoms with van der Waals surface area (Å²) in [7, 11) is 0. The molecule has 2 aliphatic rings. The molecule has 3 heterocycles. The van der Waals surface area contributed by atoms with Gasteiger partial charge in [0.25, 0.3) is 0 Å². The van der Waals surface area contributed by atoms with E-state index in [9.17, 15) is 0 Å². The molecular formula is C22H31N5S. The topological polar surface area (TPSA) is 34.1 Å². The molecule has 0 radical (unpaired) electrons. The highest BCUT2D eigenvalue weighted by atomic mass is 32.1. The third-order valence-corrected chi connectivity index (χ3v) is 6.57. The molecule has 2 aromatic rings. The first-order chi connectivity index (χ1) is 13.8. The number of nitrogens with zero attached hydrogens (tertiary/aromatic N) is 4. The Morgan fingerprint density at radius 3 is 2.57 bits per heavy atom. The van der Waals surface area contributed by atoms with Crippen LogP contribution in [0.25, 0.3) is 0 Å². The van der Waals surface area contributed by atoms with Crippen molar-refractivity contribution in [1.82, 2.24) is 10.2 Å². The lowest BCUT2D eigenvalue weighted by molar-refractivity contribution is 0.372. The molecule has 6 heteroatoms. The molecule has 1 aromatic carbocycles. The highest BCUT2D eigenvalue weighted by Crippen LogP contribution is 2.24. The molecule has 2 saturated heterocycles. The molecule has 2 aliphatic heterocycles. The van der Waals surface area contributed by atoms with Crippen molar-refractivity contribution in [3.63, 3.8) is 0 Å². The van der Waals surface area contributed by atoms with Crippen LogP contribution in [-0.4, -0.2) is 63.2 Å². The summed E-state index contributed by atoms with van der Waals surface area (Å²) in [4.78, 5) is 12.4. The number of thiophene rings is 1. The zero-order valence-electron chi connectivity index (χ0n) is 16.8. The molecule has 1 N–H and O–H groups in total. The average molecular weight is 398 g/mol. The minimum Gasteiger partial charge on any atom is -0.371 e. The fourth-order valence-corrected chi connectivity index (χ4v) is 4.87. The van der Waals surface area contributed by atoms with E-state index < -0.39 is 0 Å². The lowest BCUT2D eigenvalue weighted by Gasteiger charge is -2.37. The van der Waals surface area contributed by atoms with Crippen LogP contribution >= 0.6 is 11.3 Å². The first-order valence-corrected chi connectivity index (χ1v) is 11.3. The summed E-state index contributed by atoms with van der Waals surface area (Å²) < 4.78 is 0. The van der Waals surface area contributed by atoms with Crippen LogP contribution in [0.15, 0.2) is 52.8 Å². The fourth-order valence-electron chi connectivity index (χ4n) is 4.08. The molecule has 0 spiro atoms. The van der Waals surface area contributed by atoms with Gasteiger partial charge in [-0.3, -0.25) is 4.99 Å². The summed E-state index contributed by atoms with van der Waals surface area (Å²) in [5.41, 5.74) is 1.34. The number of piperazine rings is 1. The van der Waals surface area contributed by atoms with E-state index in [0.717, 1.165) is 58.3 Å². The number of guanidine groups is 1. The van der Waals surface area contributed by atoms with Gasteiger partial charge in [-0.1, -0.05) is 18.2 Å². The number of aliphatic imine (C=N–C) groups is 1. The molecule has 0 aliphatic carbocycles. The van der Waals surface area contributed by atoms with E-state index in [1.54, 1.807) is 0 Å². The van der Waals surface area contributed by atoms with Gasteiger partial charge in [-0.2, -0.15) is 0 Å². The van der Waals surface area contributed by atoms with Crippen LogP contribution in [-0.2, 0) is 0 Å². The smallest absolute Gasteiger partial charge is 0.194 e. The summed E-state index contributed by atoms with van der Waals surface area (Å²) in [6.45, 7) is 10.4. The maximum atomic E-state index is 5.02. The zero-order valence-corrected chi connectivity index (χ0v) is 17.6. The molecule has 28 heavy (non-hydrogen) atoms. The van der Waals surface area contributed by atoms with Gasteiger partial charge in [0.2, 0.25) is 0 Å². The predicted molar refractivity (Wildman–Crippen MR) is 121 cm³/mol. The van der Waals surface area contributed by atoms with Crippen molar-refractivity contribution >= 4 is 28.0 Å². The fraction of sp³-hybridized carbons (Fsp3) is 0.500. The molecule has 2 fully saturated rings. The van der Waals surface area contributed by atoms with Gasteiger partial charge in [-0.25, -0.2) is 0 Å². The SMILES string of the molecule is CCNC(=NCC1CCN(c2ccccc2)C1)N1CCN(c2cccs2)CC1. The quantitative estimate of drug-likeness (QED) is 0.620. The molecule has 1 unspecified atom stereocenters. The Morgan fingerprint density at radius 1 is 1.04 bits per heavy atom. The van der Waals surface area contributed by atoms with Gasteiger partial charge >= 0.3 is 0 Å². The summed E-state index contributed by atoms with van der Waals surface area (Å²) >= 11 is 1.83. The molecule has 5 nitrogen and oxygen atoms in total. The van der Waals surface area contributed by atoms with Crippen LogP contribution in [0.4, 0.5) is 10.7 Å². The van der Waals surface area contributed by atoms with Crippen LogP contribution in [0, 0.1) is 5.92 Å². The molecule has 0 saturated carbocycles. The first kappa shape index (κ1) is 19.1. The molecule has 4 rings (SSSR count). The Morgan fingerprint density at radius 2 is 1.86 bits per heavy atom. The monoisotopic (exact) mass is 397 g/mol. The summed E-state index contributed by atoms with van der Waals surface area (Å²) in [6, 6.07) is 15.1. The first-order valence-electron chi connectivity index (χ1n) is 10.4. The van der Waals surface area contributed by atoms with E-state index in [-0.39, 0.29) is 0 Å². The van der Waals surface area contributed by atoms with Gasteiger partial charge < -0.3 is 20.0 Å². The van der Waals surface area contributed by atoms with Crippen molar-refractivity contribution in [2.75, 3.05) is 62.2 Å². The lowest BCUT2D eigenvalue weighted by Crippen LogP contribution is -2.52. The highest BCUT2D eigenvalue weighted by molar-refractivity contribution is 7.14. The van der Waals surface area contributed by atoms with Gasteiger partial charge in [0.05, 0.1) is 5.00 Å². The largest absolute Gasteiger partial charge is 0.371 e. The van der Waals surface area contributed by atoms with E-state index in [2.05, 4.69) is 74.8 Å².